The summed E-state index contributed by atoms with van der Waals surface area (Å²) in [5, 5.41) is 0.440. The molecule has 1 saturated heterocycles. The lowest BCUT2D eigenvalue weighted by Crippen LogP contribution is -2.27. The van der Waals surface area contributed by atoms with Crippen molar-refractivity contribution in [3.05, 3.63) is 0 Å². The van der Waals surface area contributed by atoms with E-state index in [-0.39, 0.29) is 11.7 Å². The molecule has 1 rings (SSSR count). The average molecular weight is 383 g/mol. The molecule has 7 heteroatoms. The fourth-order valence-corrected chi connectivity index (χ4v) is 6.41. The van der Waals surface area contributed by atoms with E-state index < -0.39 is 10.1 Å². The quantitative estimate of drug-likeness (QED) is 0.405. The van der Waals surface area contributed by atoms with E-state index >= 15 is 0 Å². The van der Waals surface area contributed by atoms with E-state index in [0.717, 1.165) is 30.1 Å². The molecule has 136 valence electrons. The van der Waals surface area contributed by atoms with Crippen molar-refractivity contribution >= 4 is 39.4 Å². The molecule has 1 fully saturated rings. The molecule has 0 aromatic heterocycles. The zero-order valence-electron chi connectivity index (χ0n) is 14.0. The van der Waals surface area contributed by atoms with Gasteiger partial charge in [0.25, 0.3) is 10.1 Å². The van der Waals surface area contributed by atoms with Crippen LogP contribution in [0.2, 0.25) is 0 Å². The molecular weight excluding hydrogens is 352 g/mol. The number of Topliss-reactive ketones (excluding diaryl/α,β-unsaturated/α-hetero) is 1. The Balaban J connectivity index is 2.44. The lowest BCUT2D eigenvalue weighted by Gasteiger charge is -2.29. The zero-order valence-corrected chi connectivity index (χ0v) is 16.5. The van der Waals surface area contributed by atoms with E-state index in [2.05, 4.69) is 6.92 Å². The maximum absolute atomic E-state index is 12.2. The van der Waals surface area contributed by atoms with Gasteiger partial charge in [-0.3, -0.25) is 9.35 Å². The number of rotatable bonds is 12. The molecule has 0 aliphatic carbocycles. The smallest absolute Gasteiger partial charge is 0.264 e. The predicted octanol–water partition coefficient (Wildman–Crippen LogP) is 4.05. The molecule has 0 aromatic carbocycles. The zero-order chi connectivity index (χ0) is 17.1. The Bertz CT molecular complexity index is 431. The Morgan fingerprint density at radius 1 is 1.22 bits per heavy atom. The van der Waals surface area contributed by atoms with E-state index in [1.165, 1.54) is 12.8 Å². The summed E-state index contributed by atoms with van der Waals surface area (Å²) in [4.78, 5) is 12.2. The molecule has 23 heavy (non-hydrogen) atoms. The van der Waals surface area contributed by atoms with Crippen molar-refractivity contribution in [3.63, 3.8) is 0 Å². The van der Waals surface area contributed by atoms with Gasteiger partial charge in [0.15, 0.2) is 0 Å². The number of carbonyl (C=O) groups excluding carboxylic acids is 1. The molecule has 1 heterocycles. The molecule has 4 nitrogen and oxygen atoms in total. The van der Waals surface area contributed by atoms with Crippen molar-refractivity contribution < 1.29 is 17.8 Å². The first-order valence-electron chi connectivity index (χ1n) is 8.58. The molecule has 2 atom stereocenters. The third kappa shape index (κ3) is 10.7. The van der Waals surface area contributed by atoms with E-state index in [1.54, 1.807) is 0 Å². The van der Waals surface area contributed by atoms with Crippen molar-refractivity contribution in [2.24, 2.45) is 5.92 Å². The monoisotopic (exact) mass is 382 g/mol. The Morgan fingerprint density at radius 2 is 2.00 bits per heavy atom. The number of hydrogen-bond acceptors (Lipinski definition) is 5. The number of ketones is 1. The van der Waals surface area contributed by atoms with E-state index in [0.29, 0.717) is 36.7 Å². The minimum Gasteiger partial charge on any atom is -0.300 e. The van der Waals surface area contributed by atoms with Gasteiger partial charge < -0.3 is 0 Å². The molecule has 0 amide bonds. The Kier molecular flexibility index (Phi) is 10.9. The first-order valence-corrected chi connectivity index (χ1v) is 12.4. The maximum atomic E-state index is 12.2. The largest absolute Gasteiger partial charge is 0.300 e. The maximum Gasteiger partial charge on any atom is 0.264 e. The standard InChI is InChI=1S/C16H30O4S3/c1-2-3-4-5-8-15(17)12-14(7-6-11-23(18,19)20)16-13-21-9-10-22-16/h14,16H,2-13H2,1H3,(H,18,19,20). The van der Waals surface area contributed by atoms with Gasteiger partial charge in [0.05, 0.1) is 5.75 Å². The minimum absolute atomic E-state index is 0.196. The Morgan fingerprint density at radius 3 is 2.61 bits per heavy atom. The van der Waals surface area contributed by atoms with Gasteiger partial charge in [0.1, 0.15) is 5.78 Å². The summed E-state index contributed by atoms with van der Waals surface area (Å²) in [5.41, 5.74) is 0. The number of thioether (sulfide) groups is 2. The van der Waals surface area contributed by atoms with Gasteiger partial charge in [0.2, 0.25) is 0 Å². The van der Waals surface area contributed by atoms with Crippen LogP contribution < -0.4 is 0 Å². The highest BCUT2D eigenvalue weighted by atomic mass is 32.2. The molecule has 0 bridgehead atoms. The van der Waals surface area contributed by atoms with Crippen LogP contribution in [0.25, 0.3) is 0 Å². The topological polar surface area (TPSA) is 71.4 Å². The van der Waals surface area contributed by atoms with Crippen LogP contribution in [0.4, 0.5) is 0 Å². The van der Waals surface area contributed by atoms with Gasteiger partial charge >= 0.3 is 0 Å². The van der Waals surface area contributed by atoms with Crippen LogP contribution in [-0.4, -0.2) is 47.0 Å². The summed E-state index contributed by atoms with van der Waals surface area (Å²) in [5.74, 6) is 3.67. The van der Waals surface area contributed by atoms with Crippen molar-refractivity contribution in [1.82, 2.24) is 0 Å². The van der Waals surface area contributed by atoms with E-state index in [1.807, 2.05) is 23.5 Å². The van der Waals surface area contributed by atoms with Crippen molar-refractivity contribution in [2.45, 2.75) is 63.5 Å². The van der Waals surface area contributed by atoms with Crippen molar-refractivity contribution in [1.29, 1.82) is 0 Å². The lowest BCUT2D eigenvalue weighted by molar-refractivity contribution is -0.120. The van der Waals surface area contributed by atoms with Crippen molar-refractivity contribution in [3.8, 4) is 0 Å². The molecule has 2 unspecified atom stereocenters. The van der Waals surface area contributed by atoms with Crippen LogP contribution in [0, 0.1) is 5.92 Å². The number of unbranched alkanes of at least 4 members (excludes halogenated alkanes) is 3. The fraction of sp³-hybridized carbons (Fsp3) is 0.938. The molecule has 0 spiro atoms. The Hall–Kier alpha value is 0.280. The van der Waals surface area contributed by atoms with Crippen LogP contribution in [-0.2, 0) is 14.9 Å². The van der Waals surface area contributed by atoms with E-state index in [9.17, 15) is 13.2 Å². The third-order valence-electron chi connectivity index (χ3n) is 4.14. The third-order valence-corrected chi connectivity index (χ3v) is 7.92. The molecule has 1 N–H and O–H groups in total. The van der Waals surface area contributed by atoms with Gasteiger partial charge in [-0.25, -0.2) is 0 Å². The summed E-state index contributed by atoms with van der Waals surface area (Å²) in [6.45, 7) is 2.16. The summed E-state index contributed by atoms with van der Waals surface area (Å²) in [6.07, 6.45) is 6.80. The second-order valence-electron chi connectivity index (χ2n) is 6.23. The highest BCUT2D eigenvalue weighted by Gasteiger charge is 2.26. The van der Waals surface area contributed by atoms with Crippen LogP contribution in [0.1, 0.15) is 58.3 Å². The second-order valence-corrected chi connectivity index (χ2v) is 10.3. The molecular formula is C16H30O4S3. The molecule has 0 aromatic rings. The number of hydrogen-bond donors (Lipinski definition) is 1. The van der Waals surface area contributed by atoms with Crippen LogP contribution in [0.5, 0.6) is 0 Å². The molecule has 0 saturated carbocycles. The number of carbonyl (C=O) groups is 1. The van der Waals surface area contributed by atoms with Gasteiger partial charge in [0, 0.05) is 35.4 Å². The van der Waals surface area contributed by atoms with Crippen LogP contribution in [0.3, 0.4) is 0 Å². The predicted molar refractivity (Wildman–Crippen MR) is 101 cm³/mol. The summed E-state index contributed by atoms with van der Waals surface area (Å²) >= 11 is 3.84. The van der Waals surface area contributed by atoms with Gasteiger partial charge in [-0.15, -0.1) is 0 Å². The van der Waals surface area contributed by atoms with Crippen molar-refractivity contribution in [2.75, 3.05) is 23.0 Å². The summed E-state index contributed by atoms with van der Waals surface area (Å²) < 4.78 is 30.7. The molecule has 0 radical (unpaired) electrons. The lowest BCUT2D eigenvalue weighted by atomic mass is 9.92. The molecule has 1 aliphatic heterocycles. The van der Waals surface area contributed by atoms with Gasteiger partial charge in [-0.1, -0.05) is 26.2 Å². The highest BCUT2D eigenvalue weighted by Crippen LogP contribution is 2.34. The van der Waals surface area contributed by atoms with Gasteiger partial charge in [-0.2, -0.15) is 31.9 Å². The Labute approximate surface area is 149 Å². The summed E-state index contributed by atoms with van der Waals surface area (Å²) in [6, 6.07) is 0. The normalized spacial score (nSPS) is 20.3. The fourth-order valence-electron chi connectivity index (χ4n) is 2.87. The van der Waals surface area contributed by atoms with Gasteiger partial charge in [-0.05, 0) is 25.2 Å². The van der Waals surface area contributed by atoms with Crippen LogP contribution in [0.15, 0.2) is 0 Å². The van der Waals surface area contributed by atoms with E-state index in [4.69, 9.17) is 4.55 Å². The average Bonchev–Trinajstić information content (AvgIpc) is 2.50. The summed E-state index contributed by atoms with van der Waals surface area (Å²) in [7, 11) is -3.90. The SMILES string of the molecule is CCCCCCC(=O)CC(CCCS(=O)(=O)O)C1CSCCS1. The second kappa shape index (κ2) is 11.8. The first kappa shape index (κ1) is 21.3. The highest BCUT2D eigenvalue weighted by molar-refractivity contribution is 8.06. The molecule has 1 aliphatic rings. The first-order chi connectivity index (χ1) is 10.9. The van der Waals surface area contributed by atoms with Crippen LogP contribution >= 0.6 is 23.5 Å². The minimum atomic E-state index is -3.90.